The fourth-order valence-electron chi connectivity index (χ4n) is 1.25. The van der Waals surface area contributed by atoms with Crippen LogP contribution in [0, 0.1) is 0 Å². The van der Waals surface area contributed by atoms with Gasteiger partial charge in [0, 0.05) is 5.56 Å². The zero-order chi connectivity index (χ0) is 13.8. The van der Waals surface area contributed by atoms with E-state index in [9.17, 15) is 18.0 Å². The minimum atomic E-state index is -4.32. The molecule has 0 bridgehead atoms. The third-order valence-corrected chi connectivity index (χ3v) is 3.12. The third-order valence-electron chi connectivity index (χ3n) is 2.39. The van der Waals surface area contributed by atoms with Gasteiger partial charge in [-0.3, -0.25) is 9.69 Å². The number of halogens is 3. The summed E-state index contributed by atoms with van der Waals surface area (Å²) in [5.41, 5.74) is 0.832. The van der Waals surface area contributed by atoms with E-state index in [4.69, 9.17) is 4.74 Å². The molecule has 1 aromatic heterocycles. The molecule has 1 atom stereocenters. The number of rotatable bonds is 5. The van der Waals surface area contributed by atoms with Crippen molar-refractivity contribution in [2.75, 3.05) is 13.6 Å². The van der Waals surface area contributed by atoms with Gasteiger partial charge in [-0.2, -0.15) is 24.5 Å². The van der Waals surface area contributed by atoms with Crippen molar-refractivity contribution in [3.05, 3.63) is 22.4 Å². The monoisotopic (exact) mass is 281 g/mol. The number of alkyl halides is 3. The van der Waals surface area contributed by atoms with Crippen LogP contribution < -0.4 is 0 Å². The predicted molar refractivity (Wildman–Crippen MR) is 62.3 cm³/mol. The average molecular weight is 281 g/mol. The van der Waals surface area contributed by atoms with Gasteiger partial charge in [-0.1, -0.05) is 0 Å². The lowest BCUT2D eigenvalue weighted by atomic mass is 10.3. The van der Waals surface area contributed by atoms with Crippen molar-refractivity contribution in [1.29, 1.82) is 0 Å². The summed E-state index contributed by atoms with van der Waals surface area (Å²) in [6, 6.07) is 0.868. The number of likely N-dealkylation sites (N-methyl/N-ethyl adjacent to an activating group) is 1. The smallest absolute Gasteiger partial charge is 0.401 e. The predicted octanol–water partition coefficient (Wildman–Crippen LogP) is 2.67. The van der Waals surface area contributed by atoms with Crippen LogP contribution >= 0.6 is 11.3 Å². The molecule has 18 heavy (non-hydrogen) atoms. The van der Waals surface area contributed by atoms with Gasteiger partial charge in [0.05, 0.1) is 6.54 Å². The highest BCUT2D eigenvalue weighted by Gasteiger charge is 2.33. The van der Waals surface area contributed by atoms with E-state index < -0.39 is 24.7 Å². The topological polar surface area (TPSA) is 29.5 Å². The molecule has 0 aliphatic heterocycles. The van der Waals surface area contributed by atoms with E-state index in [1.165, 1.54) is 25.3 Å². The maximum absolute atomic E-state index is 12.1. The number of carbonyl (C=O) groups is 1. The van der Waals surface area contributed by atoms with Crippen molar-refractivity contribution in [3.8, 4) is 0 Å². The highest BCUT2D eigenvalue weighted by atomic mass is 32.1. The normalized spacial score (nSPS) is 13.7. The van der Waals surface area contributed by atoms with Crippen LogP contribution in [0.3, 0.4) is 0 Å². The molecular formula is C11H14F3NO2S. The summed E-state index contributed by atoms with van der Waals surface area (Å²) in [5.74, 6) is -0.659. The minimum Gasteiger partial charge on any atom is -0.460 e. The maximum atomic E-state index is 12.1. The number of ether oxygens (including phenoxy) is 1. The molecule has 0 aliphatic carbocycles. The van der Waals surface area contributed by atoms with Crippen LogP contribution in [0.2, 0.25) is 0 Å². The molecule has 0 radical (unpaired) electrons. The molecule has 7 heteroatoms. The Morgan fingerprint density at radius 3 is 2.72 bits per heavy atom. The van der Waals surface area contributed by atoms with Crippen LogP contribution in [-0.2, 0) is 16.1 Å². The fourth-order valence-corrected chi connectivity index (χ4v) is 1.90. The quantitative estimate of drug-likeness (QED) is 0.777. The zero-order valence-electron chi connectivity index (χ0n) is 10.0. The molecular weight excluding hydrogens is 267 g/mol. The Kier molecular flexibility index (Phi) is 5.15. The van der Waals surface area contributed by atoms with E-state index in [1.54, 1.807) is 6.07 Å². The lowest BCUT2D eigenvalue weighted by molar-refractivity contribution is -0.162. The van der Waals surface area contributed by atoms with E-state index in [2.05, 4.69) is 0 Å². The minimum absolute atomic E-state index is 0.0898. The largest absolute Gasteiger partial charge is 0.460 e. The lowest BCUT2D eigenvalue weighted by Crippen LogP contribution is -2.42. The second-order valence-corrected chi connectivity index (χ2v) is 4.73. The number of esters is 1. The molecule has 0 saturated carbocycles. The molecule has 0 N–H and O–H groups in total. The average Bonchev–Trinajstić information content (AvgIpc) is 2.75. The van der Waals surface area contributed by atoms with Crippen molar-refractivity contribution in [2.45, 2.75) is 25.7 Å². The Labute approximate surface area is 107 Å². The number of thiophene rings is 1. The first-order valence-electron chi connectivity index (χ1n) is 5.24. The van der Waals surface area contributed by atoms with E-state index in [0.29, 0.717) is 0 Å². The SMILES string of the molecule is C[C@H](C(=O)OCc1ccsc1)N(C)CC(F)(F)F. The van der Waals surface area contributed by atoms with Gasteiger partial charge in [0.25, 0.3) is 0 Å². The Morgan fingerprint density at radius 1 is 1.56 bits per heavy atom. The molecule has 102 valence electrons. The van der Waals surface area contributed by atoms with Gasteiger partial charge in [-0.05, 0) is 30.8 Å². The van der Waals surface area contributed by atoms with Crippen molar-refractivity contribution in [1.82, 2.24) is 4.90 Å². The van der Waals surface area contributed by atoms with E-state index in [0.717, 1.165) is 10.5 Å². The standard InChI is InChI=1S/C11H14F3NO2S/c1-8(15(2)7-11(12,13)14)10(16)17-5-9-3-4-18-6-9/h3-4,6,8H,5,7H2,1-2H3/t8-/m1/s1. The number of carbonyl (C=O) groups excluding carboxylic acids is 1. The highest BCUT2D eigenvalue weighted by Crippen LogP contribution is 2.17. The van der Waals surface area contributed by atoms with Gasteiger partial charge in [0.1, 0.15) is 12.6 Å². The second-order valence-electron chi connectivity index (χ2n) is 3.95. The second kappa shape index (κ2) is 6.19. The number of hydrogen-bond donors (Lipinski definition) is 0. The van der Waals surface area contributed by atoms with Crippen LogP contribution in [-0.4, -0.2) is 36.7 Å². The molecule has 0 aliphatic rings. The Morgan fingerprint density at radius 2 is 2.22 bits per heavy atom. The molecule has 3 nitrogen and oxygen atoms in total. The van der Waals surface area contributed by atoms with E-state index in [-0.39, 0.29) is 6.61 Å². The molecule has 1 rings (SSSR count). The molecule has 0 spiro atoms. The van der Waals surface area contributed by atoms with E-state index >= 15 is 0 Å². The van der Waals surface area contributed by atoms with Gasteiger partial charge >= 0.3 is 12.1 Å². The first-order chi connectivity index (χ1) is 8.29. The van der Waals surface area contributed by atoms with Crippen molar-refractivity contribution < 1.29 is 22.7 Å². The van der Waals surface area contributed by atoms with Crippen molar-refractivity contribution >= 4 is 17.3 Å². The third kappa shape index (κ3) is 5.05. The van der Waals surface area contributed by atoms with E-state index in [1.807, 2.05) is 10.8 Å². The first kappa shape index (κ1) is 15.0. The lowest BCUT2D eigenvalue weighted by Gasteiger charge is -2.23. The van der Waals surface area contributed by atoms with Crippen LogP contribution in [0.1, 0.15) is 12.5 Å². The van der Waals surface area contributed by atoms with Crippen LogP contribution in [0.4, 0.5) is 13.2 Å². The van der Waals surface area contributed by atoms with Gasteiger partial charge in [0.2, 0.25) is 0 Å². The Bertz CT molecular complexity index is 378. The van der Waals surface area contributed by atoms with Gasteiger partial charge < -0.3 is 4.74 Å². The van der Waals surface area contributed by atoms with Crippen LogP contribution in [0.5, 0.6) is 0 Å². The van der Waals surface area contributed by atoms with Crippen LogP contribution in [0.15, 0.2) is 16.8 Å². The highest BCUT2D eigenvalue weighted by molar-refractivity contribution is 7.07. The van der Waals surface area contributed by atoms with Crippen molar-refractivity contribution in [2.24, 2.45) is 0 Å². The fraction of sp³-hybridized carbons (Fsp3) is 0.545. The summed E-state index contributed by atoms with van der Waals surface area (Å²) in [6.07, 6.45) is -4.32. The number of hydrogen-bond acceptors (Lipinski definition) is 4. The Balaban J connectivity index is 2.41. The van der Waals surface area contributed by atoms with Gasteiger partial charge in [-0.15, -0.1) is 0 Å². The molecule has 1 aromatic rings. The molecule has 0 unspecified atom stereocenters. The summed E-state index contributed by atoms with van der Waals surface area (Å²) < 4.78 is 41.4. The number of nitrogens with zero attached hydrogens (tertiary/aromatic N) is 1. The molecule has 0 aromatic carbocycles. The maximum Gasteiger partial charge on any atom is 0.401 e. The van der Waals surface area contributed by atoms with Crippen molar-refractivity contribution in [3.63, 3.8) is 0 Å². The molecule has 0 fully saturated rings. The summed E-state index contributed by atoms with van der Waals surface area (Å²) >= 11 is 1.46. The van der Waals surface area contributed by atoms with Gasteiger partial charge in [0.15, 0.2) is 0 Å². The van der Waals surface area contributed by atoms with Gasteiger partial charge in [-0.25, -0.2) is 0 Å². The summed E-state index contributed by atoms with van der Waals surface area (Å²) in [6.45, 7) is 0.343. The molecule has 0 saturated heterocycles. The summed E-state index contributed by atoms with van der Waals surface area (Å²) in [7, 11) is 1.24. The molecule has 0 amide bonds. The summed E-state index contributed by atoms with van der Waals surface area (Å²) in [5, 5.41) is 3.65. The molecule has 1 heterocycles. The Hall–Kier alpha value is -1.08. The van der Waals surface area contributed by atoms with Crippen LogP contribution in [0.25, 0.3) is 0 Å². The summed E-state index contributed by atoms with van der Waals surface area (Å²) in [4.78, 5) is 12.5. The first-order valence-corrected chi connectivity index (χ1v) is 6.18. The zero-order valence-corrected chi connectivity index (χ0v) is 10.8.